The molecule has 0 radical (unpaired) electrons. The highest BCUT2D eigenvalue weighted by molar-refractivity contribution is 5.96. The van der Waals surface area contributed by atoms with Gasteiger partial charge < -0.3 is 15.5 Å². The first-order valence-electron chi connectivity index (χ1n) is 7.35. The molecule has 2 aromatic carbocycles. The Labute approximate surface area is 140 Å². The van der Waals surface area contributed by atoms with Crippen molar-refractivity contribution in [3.8, 4) is 6.07 Å². The number of nitrogens with zero attached hydrogens (tertiary/aromatic N) is 2. The van der Waals surface area contributed by atoms with E-state index in [0.717, 1.165) is 0 Å². The Balaban J connectivity index is 1.95. The van der Waals surface area contributed by atoms with Gasteiger partial charge in [-0.3, -0.25) is 9.59 Å². The van der Waals surface area contributed by atoms with Crippen molar-refractivity contribution in [2.45, 2.75) is 0 Å². The lowest BCUT2D eigenvalue weighted by Gasteiger charge is -2.12. The number of nitrogens with one attached hydrogen (secondary N) is 2. The first kappa shape index (κ1) is 17.0. The molecule has 2 aromatic rings. The van der Waals surface area contributed by atoms with Crippen molar-refractivity contribution in [2.75, 3.05) is 31.3 Å². The number of anilines is 2. The summed E-state index contributed by atoms with van der Waals surface area (Å²) in [5.74, 6) is -0.342. The summed E-state index contributed by atoms with van der Waals surface area (Å²) in [6.45, 7) is 0.0520. The molecule has 0 aliphatic heterocycles. The normalized spacial score (nSPS) is 9.71. The minimum absolute atomic E-state index is 0.0520. The maximum absolute atomic E-state index is 12.0. The van der Waals surface area contributed by atoms with Gasteiger partial charge in [-0.15, -0.1) is 0 Å². The van der Waals surface area contributed by atoms with Crippen LogP contribution in [0.2, 0.25) is 0 Å². The maximum atomic E-state index is 12.0. The Morgan fingerprint density at radius 3 is 2.50 bits per heavy atom. The molecule has 0 saturated carbocycles. The fourth-order valence-electron chi connectivity index (χ4n) is 2.07. The van der Waals surface area contributed by atoms with Crippen LogP contribution in [0.3, 0.4) is 0 Å². The van der Waals surface area contributed by atoms with Crippen LogP contribution in [0.15, 0.2) is 48.5 Å². The predicted molar refractivity (Wildman–Crippen MR) is 92.7 cm³/mol. The number of hydrogen-bond donors (Lipinski definition) is 2. The van der Waals surface area contributed by atoms with Crippen LogP contribution in [0.5, 0.6) is 0 Å². The van der Waals surface area contributed by atoms with Crippen LogP contribution in [0.4, 0.5) is 11.4 Å². The number of carbonyl (C=O) groups is 2. The summed E-state index contributed by atoms with van der Waals surface area (Å²) in [5.41, 5.74) is 2.28. The van der Waals surface area contributed by atoms with Crippen molar-refractivity contribution in [1.29, 1.82) is 5.26 Å². The molecule has 6 nitrogen and oxygen atoms in total. The molecule has 24 heavy (non-hydrogen) atoms. The Morgan fingerprint density at radius 1 is 1.08 bits per heavy atom. The summed E-state index contributed by atoms with van der Waals surface area (Å²) in [6, 6.07) is 15.7. The molecule has 2 N–H and O–H groups in total. The number of nitriles is 1. The molecule has 0 atom stereocenters. The molecule has 0 heterocycles. The molecule has 2 amide bonds. The van der Waals surface area contributed by atoms with Crippen LogP contribution in [-0.4, -0.2) is 37.4 Å². The monoisotopic (exact) mass is 322 g/mol. The molecule has 6 heteroatoms. The van der Waals surface area contributed by atoms with Crippen molar-refractivity contribution in [3.63, 3.8) is 0 Å². The van der Waals surface area contributed by atoms with Gasteiger partial charge in [-0.1, -0.05) is 12.1 Å². The Kier molecular flexibility index (Phi) is 5.53. The lowest BCUT2D eigenvalue weighted by Crippen LogP contribution is -2.23. The number of rotatable bonds is 5. The van der Waals surface area contributed by atoms with E-state index in [4.69, 9.17) is 5.26 Å². The Bertz CT molecular complexity index is 794. The van der Waals surface area contributed by atoms with E-state index in [-0.39, 0.29) is 18.4 Å². The largest absolute Gasteiger partial charge is 0.376 e. The lowest BCUT2D eigenvalue weighted by atomic mass is 10.2. The maximum Gasteiger partial charge on any atom is 0.253 e. The van der Waals surface area contributed by atoms with Gasteiger partial charge >= 0.3 is 0 Å². The molecule has 0 aliphatic carbocycles. The SMILES string of the molecule is CN(C)C(=O)c1cccc(NCC(=O)Nc2cccc(C#N)c2)c1. The van der Waals surface area contributed by atoms with E-state index >= 15 is 0 Å². The van der Waals surface area contributed by atoms with Crippen molar-refractivity contribution in [2.24, 2.45) is 0 Å². The average Bonchev–Trinajstić information content (AvgIpc) is 2.59. The second-order valence-electron chi connectivity index (χ2n) is 5.37. The molecule has 0 unspecified atom stereocenters. The van der Waals surface area contributed by atoms with Gasteiger partial charge in [0.1, 0.15) is 0 Å². The van der Waals surface area contributed by atoms with Gasteiger partial charge in [-0.2, -0.15) is 5.26 Å². The first-order chi connectivity index (χ1) is 11.5. The van der Waals surface area contributed by atoms with E-state index in [9.17, 15) is 9.59 Å². The standard InChI is InChI=1S/C18H18N4O2/c1-22(2)18(24)14-6-4-7-15(10-14)20-12-17(23)21-16-8-3-5-13(9-16)11-19/h3-10,20H,12H2,1-2H3,(H,21,23). The third kappa shape index (κ3) is 4.58. The second-order valence-corrected chi connectivity index (χ2v) is 5.37. The Hall–Kier alpha value is -3.33. The molecule has 122 valence electrons. The first-order valence-corrected chi connectivity index (χ1v) is 7.35. The van der Waals surface area contributed by atoms with Crippen LogP contribution in [0.1, 0.15) is 15.9 Å². The third-order valence-electron chi connectivity index (χ3n) is 3.24. The quantitative estimate of drug-likeness (QED) is 0.884. The summed E-state index contributed by atoms with van der Waals surface area (Å²) in [5, 5.41) is 14.5. The zero-order valence-corrected chi connectivity index (χ0v) is 13.5. The van der Waals surface area contributed by atoms with Crippen molar-refractivity contribution in [3.05, 3.63) is 59.7 Å². The second kappa shape index (κ2) is 7.79. The number of amides is 2. The smallest absolute Gasteiger partial charge is 0.253 e. The highest BCUT2D eigenvalue weighted by Crippen LogP contribution is 2.13. The summed E-state index contributed by atoms with van der Waals surface area (Å²) in [7, 11) is 3.37. The minimum atomic E-state index is -0.241. The molecule has 0 aromatic heterocycles. The van der Waals surface area contributed by atoms with Gasteiger partial charge in [0, 0.05) is 31.0 Å². The minimum Gasteiger partial charge on any atom is -0.376 e. The van der Waals surface area contributed by atoms with Gasteiger partial charge in [0.05, 0.1) is 18.2 Å². The summed E-state index contributed by atoms with van der Waals surface area (Å²) >= 11 is 0. The predicted octanol–water partition coefficient (Wildman–Crippen LogP) is 2.31. The molecule has 0 aliphatic rings. The van der Waals surface area contributed by atoms with Crippen LogP contribution < -0.4 is 10.6 Å². The van der Waals surface area contributed by atoms with Crippen molar-refractivity contribution < 1.29 is 9.59 Å². The fraction of sp³-hybridized carbons (Fsp3) is 0.167. The van der Waals surface area contributed by atoms with Crippen LogP contribution in [-0.2, 0) is 4.79 Å². The Morgan fingerprint density at radius 2 is 1.79 bits per heavy atom. The zero-order chi connectivity index (χ0) is 17.5. The number of benzene rings is 2. The molecular weight excluding hydrogens is 304 g/mol. The summed E-state index contributed by atoms with van der Waals surface area (Å²) < 4.78 is 0. The van der Waals surface area contributed by atoms with Gasteiger partial charge in [0.2, 0.25) is 5.91 Å². The molecule has 0 fully saturated rings. The summed E-state index contributed by atoms with van der Waals surface area (Å²) in [4.78, 5) is 25.4. The van der Waals surface area contributed by atoms with Gasteiger partial charge in [0.15, 0.2) is 0 Å². The third-order valence-corrected chi connectivity index (χ3v) is 3.24. The van der Waals surface area contributed by atoms with E-state index in [1.807, 2.05) is 6.07 Å². The van der Waals surface area contributed by atoms with Gasteiger partial charge in [-0.25, -0.2) is 0 Å². The van der Waals surface area contributed by atoms with Gasteiger partial charge in [-0.05, 0) is 36.4 Å². The highest BCUT2D eigenvalue weighted by atomic mass is 16.2. The van der Waals surface area contributed by atoms with Crippen LogP contribution in [0, 0.1) is 11.3 Å². The average molecular weight is 322 g/mol. The van der Waals surface area contributed by atoms with Crippen molar-refractivity contribution in [1.82, 2.24) is 4.90 Å². The zero-order valence-electron chi connectivity index (χ0n) is 13.5. The van der Waals surface area contributed by atoms with E-state index in [1.54, 1.807) is 62.6 Å². The fourth-order valence-corrected chi connectivity index (χ4v) is 2.07. The number of hydrogen-bond acceptors (Lipinski definition) is 4. The molecule has 2 rings (SSSR count). The van der Waals surface area contributed by atoms with E-state index in [2.05, 4.69) is 10.6 Å². The molecule has 0 saturated heterocycles. The van der Waals surface area contributed by atoms with Gasteiger partial charge in [0.25, 0.3) is 5.91 Å². The summed E-state index contributed by atoms with van der Waals surface area (Å²) in [6.07, 6.45) is 0. The number of carbonyl (C=O) groups excluding carboxylic acids is 2. The lowest BCUT2D eigenvalue weighted by molar-refractivity contribution is -0.114. The molecule has 0 bridgehead atoms. The van der Waals surface area contributed by atoms with Crippen LogP contribution in [0.25, 0.3) is 0 Å². The molecule has 0 spiro atoms. The van der Waals surface area contributed by atoms with E-state index in [1.165, 1.54) is 4.90 Å². The van der Waals surface area contributed by atoms with E-state index in [0.29, 0.717) is 22.5 Å². The topological polar surface area (TPSA) is 85.2 Å². The molecular formula is C18H18N4O2. The van der Waals surface area contributed by atoms with Crippen LogP contribution >= 0.6 is 0 Å². The van der Waals surface area contributed by atoms with Crippen molar-refractivity contribution >= 4 is 23.2 Å². The highest BCUT2D eigenvalue weighted by Gasteiger charge is 2.09. The van der Waals surface area contributed by atoms with E-state index < -0.39 is 0 Å².